The molecule has 0 spiro atoms. The van der Waals surface area contributed by atoms with Crippen LogP contribution in [0.4, 0.5) is 0 Å². The Morgan fingerprint density at radius 3 is 1.27 bits per heavy atom. The number of amides is 1. The molecule has 0 aliphatic carbocycles. The van der Waals surface area contributed by atoms with Gasteiger partial charge in [0.1, 0.15) is 24.4 Å². The van der Waals surface area contributed by atoms with Crippen molar-refractivity contribution in [2.45, 2.75) is 300 Å². The van der Waals surface area contributed by atoms with Crippen LogP contribution in [-0.2, 0) is 14.3 Å². The van der Waals surface area contributed by atoms with Gasteiger partial charge >= 0.3 is 0 Å². The summed E-state index contributed by atoms with van der Waals surface area (Å²) in [6, 6.07) is -1.58. The summed E-state index contributed by atoms with van der Waals surface area (Å²) in [4.78, 5) is 13.1. The fraction of sp³-hybridized carbons (Fsp3) is 0.980. The molecule has 0 radical (unpaired) electrons. The topological polar surface area (TPSA) is 175 Å². The van der Waals surface area contributed by atoms with E-state index in [9.17, 15) is 30.3 Å². The molecule has 8 atom stereocenters. The van der Waals surface area contributed by atoms with Crippen molar-refractivity contribution < 1.29 is 39.8 Å². The van der Waals surface area contributed by atoms with Crippen molar-refractivity contribution in [2.24, 2.45) is 5.73 Å². The van der Waals surface area contributed by atoms with Gasteiger partial charge in [0.05, 0.1) is 31.4 Å². The maximum Gasteiger partial charge on any atom is 0.220 e. The van der Waals surface area contributed by atoms with Crippen molar-refractivity contribution in [3.05, 3.63) is 0 Å². The van der Waals surface area contributed by atoms with Crippen LogP contribution in [0.15, 0.2) is 0 Å². The average molecular weight is 857 g/mol. The lowest BCUT2D eigenvalue weighted by atomic mass is 9.97. The second-order valence-electron chi connectivity index (χ2n) is 18.6. The van der Waals surface area contributed by atoms with Crippen LogP contribution < -0.4 is 11.1 Å². The highest BCUT2D eigenvalue weighted by Gasteiger charge is 2.44. The summed E-state index contributed by atoms with van der Waals surface area (Å²) in [5.74, 6) is -0.172. The highest BCUT2D eigenvalue weighted by atomic mass is 16.7. The van der Waals surface area contributed by atoms with Gasteiger partial charge in [-0.05, 0) is 12.8 Å². The molecule has 1 amide bonds. The number of carbonyl (C=O) groups is 1. The zero-order valence-corrected chi connectivity index (χ0v) is 39.2. The molecule has 10 nitrogen and oxygen atoms in total. The third-order valence-electron chi connectivity index (χ3n) is 12.9. The minimum atomic E-state index is -1.57. The van der Waals surface area contributed by atoms with E-state index >= 15 is 0 Å². The van der Waals surface area contributed by atoms with Crippen LogP contribution in [0, 0.1) is 0 Å². The van der Waals surface area contributed by atoms with E-state index in [2.05, 4.69) is 19.2 Å². The van der Waals surface area contributed by atoms with Crippen LogP contribution in [0.25, 0.3) is 0 Å². The van der Waals surface area contributed by atoms with Crippen LogP contribution in [0.2, 0.25) is 0 Å². The highest BCUT2D eigenvalue weighted by molar-refractivity contribution is 5.76. The average Bonchev–Trinajstić information content (AvgIpc) is 3.25. The fourth-order valence-electron chi connectivity index (χ4n) is 8.66. The summed E-state index contributed by atoms with van der Waals surface area (Å²) in [5.41, 5.74) is 6.54. The van der Waals surface area contributed by atoms with Gasteiger partial charge in [-0.3, -0.25) is 4.79 Å². The molecular weight excluding hydrogens is 757 g/mol. The van der Waals surface area contributed by atoms with Crippen molar-refractivity contribution in [3.8, 4) is 0 Å². The van der Waals surface area contributed by atoms with E-state index in [4.69, 9.17) is 15.2 Å². The zero-order chi connectivity index (χ0) is 43.9. The SMILES string of the molecule is CCCCCCCCCCCCCCCCCCCCCCCCCC(=O)N[C@H](CO[C@H]1O[C@H](CO)[C@H](O)[C@H](O)[C@H]1O)[C@H](N)[C@H](O)CCCCCCCCCCCCCC. The molecule has 1 rings (SSSR count). The van der Waals surface area contributed by atoms with Gasteiger partial charge in [0.2, 0.25) is 5.91 Å². The summed E-state index contributed by atoms with van der Waals surface area (Å²) in [5, 5.41) is 54.4. The van der Waals surface area contributed by atoms with E-state index in [1.165, 1.54) is 186 Å². The van der Waals surface area contributed by atoms with Gasteiger partial charge in [0.25, 0.3) is 0 Å². The Balaban J connectivity index is 2.26. The van der Waals surface area contributed by atoms with Gasteiger partial charge in [-0.1, -0.05) is 232 Å². The molecule has 60 heavy (non-hydrogen) atoms. The third-order valence-corrected chi connectivity index (χ3v) is 12.9. The number of ether oxygens (including phenoxy) is 2. The lowest BCUT2D eigenvalue weighted by Gasteiger charge is -2.40. The quantitative estimate of drug-likeness (QED) is 0.0294. The first kappa shape index (κ1) is 57.2. The molecule has 1 fully saturated rings. The van der Waals surface area contributed by atoms with E-state index in [0.29, 0.717) is 12.8 Å². The Hall–Kier alpha value is -0.850. The number of carbonyl (C=O) groups excluding carboxylic acids is 1. The Labute approximate surface area is 369 Å². The number of nitrogens with two attached hydrogens (primary N) is 1. The van der Waals surface area contributed by atoms with Crippen LogP contribution in [0.5, 0.6) is 0 Å². The predicted octanol–water partition coefficient (Wildman–Crippen LogP) is 10.4. The van der Waals surface area contributed by atoms with E-state index < -0.39 is 55.5 Å². The normalized spacial score (nSPS) is 21.0. The maximum absolute atomic E-state index is 13.1. The molecule has 1 aliphatic rings. The first-order chi connectivity index (χ1) is 29.3. The lowest BCUT2D eigenvalue weighted by molar-refractivity contribution is -0.302. The lowest BCUT2D eigenvalue weighted by Crippen LogP contribution is -2.61. The van der Waals surface area contributed by atoms with Crippen molar-refractivity contribution in [2.75, 3.05) is 13.2 Å². The molecule has 1 heterocycles. The van der Waals surface area contributed by atoms with Crippen molar-refractivity contribution >= 4 is 5.91 Å². The van der Waals surface area contributed by atoms with Gasteiger partial charge in [-0.15, -0.1) is 0 Å². The van der Waals surface area contributed by atoms with E-state index in [0.717, 1.165) is 38.5 Å². The summed E-state index contributed by atoms with van der Waals surface area (Å²) < 4.78 is 11.3. The van der Waals surface area contributed by atoms with Crippen molar-refractivity contribution in [3.63, 3.8) is 0 Å². The predicted molar refractivity (Wildman–Crippen MR) is 248 cm³/mol. The molecule has 0 aromatic heterocycles. The van der Waals surface area contributed by atoms with E-state index in [-0.39, 0.29) is 12.5 Å². The monoisotopic (exact) mass is 857 g/mol. The second kappa shape index (κ2) is 40.9. The Morgan fingerprint density at radius 2 is 0.900 bits per heavy atom. The highest BCUT2D eigenvalue weighted by Crippen LogP contribution is 2.23. The molecule has 1 saturated heterocycles. The first-order valence-corrected chi connectivity index (χ1v) is 25.9. The number of aliphatic hydroxyl groups excluding tert-OH is 5. The first-order valence-electron chi connectivity index (χ1n) is 25.9. The molecule has 358 valence electrons. The number of unbranched alkanes of at least 4 members (excludes halogenated alkanes) is 33. The zero-order valence-electron chi connectivity index (χ0n) is 39.2. The number of hydrogen-bond donors (Lipinski definition) is 7. The van der Waals surface area contributed by atoms with Crippen molar-refractivity contribution in [1.82, 2.24) is 5.32 Å². The van der Waals surface area contributed by atoms with Crippen LogP contribution in [-0.4, -0.2) is 93.5 Å². The largest absolute Gasteiger partial charge is 0.394 e. The maximum atomic E-state index is 13.1. The summed E-state index contributed by atoms with van der Waals surface area (Å²) in [6.45, 7) is 3.79. The molecule has 0 saturated carbocycles. The summed E-state index contributed by atoms with van der Waals surface area (Å²) >= 11 is 0. The Morgan fingerprint density at radius 1 is 0.550 bits per heavy atom. The van der Waals surface area contributed by atoms with Crippen LogP contribution >= 0.6 is 0 Å². The van der Waals surface area contributed by atoms with Gasteiger partial charge in [-0.2, -0.15) is 0 Å². The van der Waals surface area contributed by atoms with E-state index in [1.54, 1.807) is 0 Å². The van der Waals surface area contributed by atoms with Gasteiger partial charge in [0.15, 0.2) is 6.29 Å². The summed E-state index contributed by atoms with van der Waals surface area (Å²) in [7, 11) is 0. The molecule has 0 unspecified atom stereocenters. The number of hydrogen-bond acceptors (Lipinski definition) is 9. The molecular formula is C50H100N2O8. The van der Waals surface area contributed by atoms with Gasteiger partial charge in [-0.25, -0.2) is 0 Å². The summed E-state index contributed by atoms with van der Waals surface area (Å²) in [6.07, 6.45) is 37.9. The fourth-order valence-corrected chi connectivity index (χ4v) is 8.66. The van der Waals surface area contributed by atoms with E-state index in [1.807, 2.05) is 0 Å². The molecule has 1 aliphatic heterocycles. The third kappa shape index (κ3) is 30.3. The Bertz CT molecular complexity index is 929. The molecule has 8 N–H and O–H groups in total. The smallest absolute Gasteiger partial charge is 0.220 e. The Kier molecular flexibility index (Phi) is 39.0. The van der Waals surface area contributed by atoms with Crippen LogP contribution in [0.1, 0.15) is 251 Å². The standard InChI is InChI=1S/C50H100N2O8/c1-3-5-7-9-11-13-15-17-18-19-20-21-22-23-24-25-26-27-29-31-33-35-37-39-45(55)52-42(41-59-50-49(58)48(57)47(56)44(40-53)60-50)46(51)43(54)38-36-34-32-30-28-16-14-12-10-8-6-4-2/h42-44,46-50,53-54,56-58H,3-41,51H2,1-2H3,(H,52,55)/t42-,43-,44-,46+,47+,48+,49-,50+/m1/s1. The van der Waals surface area contributed by atoms with Gasteiger partial charge in [0, 0.05) is 6.42 Å². The minimum absolute atomic E-state index is 0.172. The van der Waals surface area contributed by atoms with Crippen molar-refractivity contribution in [1.29, 1.82) is 0 Å². The molecule has 0 aromatic carbocycles. The number of aliphatic hydroxyl groups is 5. The van der Waals surface area contributed by atoms with Crippen LogP contribution in [0.3, 0.4) is 0 Å². The second-order valence-corrected chi connectivity index (χ2v) is 18.6. The number of rotatable bonds is 44. The number of nitrogens with one attached hydrogen (secondary N) is 1. The molecule has 0 bridgehead atoms. The molecule has 0 aromatic rings. The minimum Gasteiger partial charge on any atom is -0.394 e. The van der Waals surface area contributed by atoms with Gasteiger partial charge < -0.3 is 46.1 Å². The molecule has 10 heteroatoms.